The normalized spacial score (nSPS) is 17.3. The van der Waals surface area contributed by atoms with E-state index in [0.717, 1.165) is 31.5 Å². The number of aromatic nitrogens is 2. The van der Waals surface area contributed by atoms with Gasteiger partial charge in [0.05, 0.1) is 0 Å². The summed E-state index contributed by atoms with van der Waals surface area (Å²) >= 11 is 0. The van der Waals surface area contributed by atoms with Gasteiger partial charge in [-0.1, -0.05) is 0 Å². The predicted molar refractivity (Wildman–Crippen MR) is 71.8 cm³/mol. The largest absolute Gasteiger partial charge is 0.444 e. The Bertz CT molecular complexity index is 420. The maximum atomic E-state index is 11.9. The average Bonchev–Trinajstić information content (AvgIpc) is 2.38. The molecular formula is C14H21N3O2. The first-order chi connectivity index (χ1) is 8.96. The van der Waals surface area contributed by atoms with Gasteiger partial charge in [0.25, 0.3) is 0 Å². The topological polar surface area (TPSA) is 55.3 Å². The molecule has 1 aliphatic heterocycles. The fraction of sp³-hybridized carbons (Fsp3) is 0.643. The molecule has 2 rings (SSSR count). The number of hydrogen-bond donors (Lipinski definition) is 0. The van der Waals surface area contributed by atoms with Gasteiger partial charge >= 0.3 is 6.09 Å². The molecule has 1 saturated heterocycles. The summed E-state index contributed by atoms with van der Waals surface area (Å²) < 4.78 is 5.38. The number of rotatable bonds is 1. The van der Waals surface area contributed by atoms with Crippen molar-refractivity contribution in [2.45, 2.75) is 45.1 Å². The highest BCUT2D eigenvalue weighted by molar-refractivity contribution is 5.68. The van der Waals surface area contributed by atoms with Crippen LogP contribution in [0.1, 0.15) is 45.1 Å². The SMILES string of the molecule is CC(C)(C)OC(=O)N1CCC(c2cncnc2)CC1. The molecule has 1 fully saturated rings. The lowest BCUT2D eigenvalue weighted by molar-refractivity contribution is 0.0205. The smallest absolute Gasteiger partial charge is 0.410 e. The Kier molecular flexibility index (Phi) is 4.02. The number of nitrogens with zero attached hydrogens (tertiary/aromatic N) is 3. The summed E-state index contributed by atoms with van der Waals surface area (Å²) in [5.74, 6) is 0.444. The first-order valence-corrected chi connectivity index (χ1v) is 6.68. The average molecular weight is 263 g/mol. The zero-order valence-electron chi connectivity index (χ0n) is 11.8. The minimum atomic E-state index is -0.429. The molecule has 1 aromatic heterocycles. The lowest BCUT2D eigenvalue weighted by Gasteiger charge is -2.33. The van der Waals surface area contributed by atoms with Crippen molar-refractivity contribution in [3.05, 3.63) is 24.3 Å². The first-order valence-electron chi connectivity index (χ1n) is 6.68. The lowest BCUT2D eigenvalue weighted by Crippen LogP contribution is -2.41. The maximum absolute atomic E-state index is 11.9. The van der Waals surface area contributed by atoms with E-state index in [-0.39, 0.29) is 6.09 Å². The Balaban J connectivity index is 1.88. The molecule has 0 bridgehead atoms. The Morgan fingerprint density at radius 1 is 1.26 bits per heavy atom. The van der Waals surface area contributed by atoms with Crippen molar-refractivity contribution in [3.8, 4) is 0 Å². The van der Waals surface area contributed by atoms with Crippen molar-refractivity contribution in [1.82, 2.24) is 14.9 Å². The van der Waals surface area contributed by atoms with E-state index in [1.165, 1.54) is 0 Å². The van der Waals surface area contributed by atoms with Crippen LogP contribution in [0.4, 0.5) is 4.79 Å². The van der Waals surface area contributed by atoms with Crippen molar-refractivity contribution in [2.24, 2.45) is 0 Å². The zero-order chi connectivity index (χ0) is 13.9. The minimum absolute atomic E-state index is 0.213. The molecule has 1 aromatic rings. The summed E-state index contributed by atoms with van der Waals surface area (Å²) in [5, 5.41) is 0. The van der Waals surface area contributed by atoms with Crippen LogP contribution in [0.15, 0.2) is 18.7 Å². The van der Waals surface area contributed by atoms with Crippen LogP contribution in [0.2, 0.25) is 0 Å². The van der Waals surface area contributed by atoms with Crippen molar-refractivity contribution in [1.29, 1.82) is 0 Å². The molecular weight excluding hydrogens is 242 g/mol. The van der Waals surface area contributed by atoms with E-state index in [4.69, 9.17) is 4.74 Å². The summed E-state index contributed by atoms with van der Waals surface area (Å²) in [7, 11) is 0. The van der Waals surface area contributed by atoms with Gasteiger partial charge in [-0.2, -0.15) is 0 Å². The van der Waals surface area contributed by atoms with Crippen LogP contribution in [0.25, 0.3) is 0 Å². The van der Waals surface area contributed by atoms with Crippen LogP contribution < -0.4 is 0 Å². The lowest BCUT2D eigenvalue weighted by atomic mass is 9.91. The van der Waals surface area contributed by atoms with Crippen LogP contribution in [0, 0.1) is 0 Å². The van der Waals surface area contributed by atoms with E-state index in [1.54, 1.807) is 11.2 Å². The Labute approximate surface area is 114 Å². The molecule has 104 valence electrons. The Morgan fingerprint density at radius 2 is 1.84 bits per heavy atom. The van der Waals surface area contributed by atoms with Gasteiger partial charge in [0.2, 0.25) is 0 Å². The van der Waals surface area contributed by atoms with E-state index in [1.807, 2.05) is 33.2 Å². The molecule has 5 nitrogen and oxygen atoms in total. The molecule has 2 heterocycles. The molecule has 1 amide bonds. The maximum Gasteiger partial charge on any atom is 0.410 e. The van der Waals surface area contributed by atoms with Gasteiger partial charge in [-0.3, -0.25) is 0 Å². The van der Waals surface area contributed by atoms with E-state index < -0.39 is 5.60 Å². The molecule has 0 spiro atoms. The molecule has 0 N–H and O–H groups in total. The van der Waals surface area contributed by atoms with Crippen molar-refractivity contribution >= 4 is 6.09 Å². The second-order valence-electron chi connectivity index (χ2n) is 5.91. The van der Waals surface area contributed by atoms with Gasteiger partial charge in [0.1, 0.15) is 11.9 Å². The van der Waals surface area contributed by atoms with Crippen molar-refractivity contribution in [2.75, 3.05) is 13.1 Å². The molecule has 0 atom stereocenters. The Morgan fingerprint density at radius 3 is 2.37 bits per heavy atom. The fourth-order valence-corrected chi connectivity index (χ4v) is 2.24. The van der Waals surface area contributed by atoms with Crippen LogP contribution in [0.3, 0.4) is 0 Å². The van der Waals surface area contributed by atoms with Crippen LogP contribution in [-0.4, -0.2) is 39.7 Å². The van der Waals surface area contributed by atoms with Crippen molar-refractivity contribution < 1.29 is 9.53 Å². The number of carbonyl (C=O) groups is 1. The van der Waals surface area contributed by atoms with Crippen LogP contribution in [0.5, 0.6) is 0 Å². The number of carbonyl (C=O) groups excluding carboxylic acids is 1. The Hall–Kier alpha value is -1.65. The third kappa shape index (κ3) is 3.91. The fourth-order valence-electron chi connectivity index (χ4n) is 2.24. The first kappa shape index (κ1) is 13.8. The number of likely N-dealkylation sites (tertiary alicyclic amines) is 1. The van der Waals surface area contributed by atoms with Gasteiger partial charge in [-0.05, 0) is 45.1 Å². The van der Waals surface area contributed by atoms with E-state index in [0.29, 0.717) is 5.92 Å². The van der Waals surface area contributed by atoms with Gasteiger partial charge in [0.15, 0.2) is 0 Å². The van der Waals surface area contributed by atoms with Crippen LogP contribution >= 0.6 is 0 Å². The summed E-state index contributed by atoms with van der Waals surface area (Å²) in [5.41, 5.74) is 0.729. The van der Waals surface area contributed by atoms with E-state index in [9.17, 15) is 4.79 Å². The number of ether oxygens (including phenoxy) is 1. The highest BCUT2D eigenvalue weighted by Gasteiger charge is 2.27. The second-order valence-corrected chi connectivity index (χ2v) is 5.91. The number of hydrogen-bond acceptors (Lipinski definition) is 4. The molecule has 0 aromatic carbocycles. The molecule has 0 aliphatic carbocycles. The molecule has 0 unspecified atom stereocenters. The number of piperidine rings is 1. The molecule has 0 saturated carbocycles. The quantitative estimate of drug-likeness (QED) is 0.781. The monoisotopic (exact) mass is 263 g/mol. The van der Waals surface area contributed by atoms with Crippen molar-refractivity contribution in [3.63, 3.8) is 0 Å². The van der Waals surface area contributed by atoms with E-state index in [2.05, 4.69) is 9.97 Å². The highest BCUT2D eigenvalue weighted by atomic mass is 16.6. The van der Waals surface area contributed by atoms with Gasteiger partial charge in [-0.15, -0.1) is 0 Å². The summed E-state index contributed by atoms with van der Waals surface area (Å²) in [6.07, 6.45) is 6.93. The number of amides is 1. The standard InChI is InChI=1S/C14H21N3O2/c1-14(2,3)19-13(18)17-6-4-11(5-7-17)12-8-15-10-16-9-12/h8-11H,4-7H2,1-3H3. The highest BCUT2D eigenvalue weighted by Crippen LogP contribution is 2.27. The molecule has 1 aliphatic rings. The summed E-state index contributed by atoms with van der Waals surface area (Å²) in [6, 6.07) is 0. The molecule has 19 heavy (non-hydrogen) atoms. The molecule has 5 heteroatoms. The van der Waals surface area contributed by atoms with Gasteiger partial charge < -0.3 is 9.64 Å². The summed E-state index contributed by atoms with van der Waals surface area (Å²) in [6.45, 7) is 7.12. The summed E-state index contributed by atoms with van der Waals surface area (Å²) in [4.78, 5) is 21.8. The predicted octanol–water partition coefficient (Wildman–Crippen LogP) is 2.59. The molecule has 0 radical (unpaired) electrons. The second kappa shape index (κ2) is 5.55. The van der Waals surface area contributed by atoms with E-state index >= 15 is 0 Å². The zero-order valence-corrected chi connectivity index (χ0v) is 11.8. The minimum Gasteiger partial charge on any atom is -0.444 e. The third-order valence-corrected chi connectivity index (χ3v) is 3.20. The third-order valence-electron chi connectivity index (χ3n) is 3.20. The van der Waals surface area contributed by atoms with Crippen LogP contribution in [-0.2, 0) is 4.74 Å². The van der Waals surface area contributed by atoms with Gasteiger partial charge in [0, 0.05) is 25.5 Å². The van der Waals surface area contributed by atoms with Gasteiger partial charge in [-0.25, -0.2) is 14.8 Å².